The number of likely N-dealkylation sites (N-methyl/N-ethyl adjacent to an activating group) is 1. The molecular formula is C19H25NO3. The Hall–Kier alpha value is -1.84. The molecular weight excluding hydrogens is 290 g/mol. The van der Waals surface area contributed by atoms with E-state index in [9.17, 15) is 9.59 Å². The largest absolute Gasteiger partial charge is 0.448 e. The highest BCUT2D eigenvalue weighted by atomic mass is 16.6. The molecule has 0 N–H and O–H groups in total. The van der Waals surface area contributed by atoms with Crippen molar-refractivity contribution in [3.05, 3.63) is 29.8 Å². The Morgan fingerprint density at radius 3 is 2.43 bits per heavy atom. The summed E-state index contributed by atoms with van der Waals surface area (Å²) in [6.45, 7) is 10.4. The van der Waals surface area contributed by atoms with E-state index < -0.39 is 16.4 Å². The molecule has 1 saturated heterocycles. The van der Waals surface area contributed by atoms with Crippen molar-refractivity contribution >= 4 is 17.6 Å². The lowest BCUT2D eigenvalue weighted by Crippen LogP contribution is -2.55. The minimum absolute atomic E-state index is 0.0924. The summed E-state index contributed by atoms with van der Waals surface area (Å²) in [4.78, 5) is 27.6. The molecule has 1 aromatic carbocycles. The normalized spacial score (nSPS) is 31.1. The van der Waals surface area contributed by atoms with Gasteiger partial charge in [0, 0.05) is 17.6 Å². The quantitative estimate of drug-likeness (QED) is 0.802. The third-order valence-electron chi connectivity index (χ3n) is 6.30. The summed E-state index contributed by atoms with van der Waals surface area (Å²) < 4.78 is 5.73. The van der Waals surface area contributed by atoms with Gasteiger partial charge in [-0.3, -0.25) is 9.59 Å². The number of esters is 1. The summed E-state index contributed by atoms with van der Waals surface area (Å²) in [5.74, 6) is -0.326. The molecule has 1 saturated carbocycles. The SMILES string of the molecule is CCN(C(=O)[C@@]12CC[C@@](C)(C(=O)O1)C2(C)C)c1cccc(C)c1. The summed E-state index contributed by atoms with van der Waals surface area (Å²) in [5.41, 5.74) is -0.164. The number of aryl methyl sites for hydroxylation is 1. The molecule has 1 amide bonds. The van der Waals surface area contributed by atoms with Crippen LogP contribution < -0.4 is 4.90 Å². The van der Waals surface area contributed by atoms with Gasteiger partial charge in [-0.25, -0.2) is 0 Å². The molecule has 2 bridgehead atoms. The van der Waals surface area contributed by atoms with Crippen LogP contribution in [0.2, 0.25) is 0 Å². The van der Waals surface area contributed by atoms with Gasteiger partial charge in [0.2, 0.25) is 0 Å². The number of anilines is 1. The van der Waals surface area contributed by atoms with Crippen molar-refractivity contribution in [2.75, 3.05) is 11.4 Å². The van der Waals surface area contributed by atoms with Crippen LogP contribution in [0.4, 0.5) is 5.69 Å². The number of hydrogen-bond acceptors (Lipinski definition) is 3. The first-order valence-electron chi connectivity index (χ1n) is 8.32. The molecule has 2 atom stereocenters. The third kappa shape index (κ3) is 1.84. The van der Waals surface area contributed by atoms with Gasteiger partial charge in [-0.15, -0.1) is 0 Å². The maximum atomic E-state index is 13.4. The van der Waals surface area contributed by atoms with Gasteiger partial charge >= 0.3 is 5.97 Å². The fourth-order valence-corrected chi connectivity index (χ4v) is 4.18. The average molecular weight is 315 g/mol. The number of hydrogen-bond donors (Lipinski definition) is 0. The van der Waals surface area contributed by atoms with Crippen molar-refractivity contribution in [2.24, 2.45) is 10.8 Å². The molecule has 1 aliphatic carbocycles. The molecule has 1 aromatic rings. The van der Waals surface area contributed by atoms with E-state index in [-0.39, 0.29) is 11.9 Å². The minimum atomic E-state index is -1.04. The highest BCUT2D eigenvalue weighted by Crippen LogP contribution is 2.66. The highest BCUT2D eigenvalue weighted by molar-refractivity contribution is 6.04. The Morgan fingerprint density at radius 2 is 1.96 bits per heavy atom. The molecule has 4 heteroatoms. The molecule has 2 aliphatic rings. The third-order valence-corrected chi connectivity index (χ3v) is 6.30. The number of carbonyl (C=O) groups excluding carboxylic acids is 2. The smallest absolute Gasteiger partial charge is 0.313 e. The number of nitrogens with zero attached hydrogens (tertiary/aromatic N) is 1. The van der Waals surface area contributed by atoms with Crippen LogP contribution in [-0.4, -0.2) is 24.0 Å². The van der Waals surface area contributed by atoms with Crippen molar-refractivity contribution < 1.29 is 14.3 Å². The number of ether oxygens (including phenoxy) is 1. The van der Waals surface area contributed by atoms with E-state index in [0.717, 1.165) is 11.3 Å². The number of amides is 1. The Bertz CT molecular complexity index is 681. The van der Waals surface area contributed by atoms with Gasteiger partial charge < -0.3 is 9.64 Å². The van der Waals surface area contributed by atoms with Gasteiger partial charge in [0.05, 0.1) is 5.41 Å². The lowest BCUT2D eigenvalue weighted by atomic mass is 9.66. The predicted octanol–water partition coefficient (Wildman–Crippen LogP) is 3.47. The van der Waals surface area contributed by atoms with E-state index in [1.54, 1.807) is 4.90 Å². The van der Waals surface area contributed by atoms with Crippen molar-refractivity contribution in [3.8, 4) is 0 Å². The summed E-state index contributed by atoms with van der Waals surface area (Å²) in [7, 11) is 0. The molecule has 23 heavy (non-hydrogen) atoms. The predicted molar refractivity (Wildman–Crippen MR) is 89.2 cm³/mol. The van der Waals surface area contributed by atoms with Gasteiger partial charge in [0.1, 0.15) is 0 Å². The Morgan fingerprint density at radius 1 is 1.26 bits per heavy atom. The monoisotopic (exact) mass is 315 g/mol. The van der Waals surface area contributed by atoms with Crippen LogP contribution in [0.25, 0.3) is 0 Å². The van der Waals surface area contributed by atoms with Crippen molar-refractivity contribution in [2.45, 2.75) is 53.1 Å². The summed E-state index contributed by atoms with van der Waals surface area (Å²) in [6, 6.07) is 7.88. The first-order chi connectivity index (χ1) is 10.7. The molecule has 1 heterocycles. The van der Waals surface area contributed by atoms with E-state index in [0.29, 0.717) is 19.4 Å². The second-order valence-electron chi connectivity index (χ2n) is 7.56. The van der Waals surface area contributed by atoms with Crippen LogP contribution in [0, 0.1) is 17.8 Å². The lowest BCUT2D eigenvalue weighted by molar-refractivity contribution is -0.167. The van der Waals surface area contributed by atoms with Crippen LogP contribution in [0.5, 0.6) is 0 Å². The van der Waals surface area contributed by atoms with Crippen LogP contribution >= 0.6 is 0 Å². The highest BCUT2D eigenvalue weighted by Gasteiger charge is 2.76. The molecule has 0 aromatic heterocycles. The van der Waals surface area contributed by atoms with Crippen LogP contribution in [-0.2, 0) is 14.3 Å². The first-order valence-corrected chi connectivity index (χ1v) is 8.32. The van der Waals surface area contributed by atoms with Crippen molar-refractivity contribution in [1.82, 2.24) is 0 Å². The van der Waals surface area contributed by atoms with Crippen LogP contribution in [0.15, 0.2) is 24.3 Å². The van der Waals surface area contributed by atoms with Gasteiger partial charge in [0.15, 0.2) is 5.60 Å². The fraction of sp³-hybridized carbons (Fsp3) is 0.579. The molecule has 2 fully saturated rings. The molecule has 3 rings (SSSR count). The molecule has 124 valence electrons. The molecule has 4 nitrogen and oxygen atoms in total. The second kappa shape index (κ2) is 4.83. The van der Waals surface area contributed by atoms with Gasteiger partial charge in [-0.1, -0.05) is 26.0 Å². The van der Waals surface area contributed by atoms with Crippen LogP contribution in [0.3, 0.4) is 0 Å². The van der Waals surface area contributed by atoms with Gasteiger partial charge in [-0.05, 0) is 51.3 Å². The topological polar surface area (TPSA) is 46.6 Å². The number of rotatable bonds is 3. The van der Waals surface area contributed by atoms with Crippen LogP contribution in [0.1, 0.15) is 46.1 Å². The number of benzene rings is 1. The Labute approximate surface area is 137 Å². The van der Waals surface area contributed by atoms with Gasteiger partial charge in [0.25, 0.3) is 5.91 Å². The first kappa shape index (κ1) is 16.0. The van der Waals surface area contributed by atoms with E-state index in [2.05, 4.69) is 0 Å². The molecule has 0 spiro atoms. The van der Waals surface area contributed by atoms with Crippen molar-refractivity contribution in [1.29, 1.82) is 0 Å². The fourth-order valence-electron chi connectivity index (χ4n) is 4.18. The van der Waals surface area contributed by atoms with E-state index >= 15 is 0 Å². The molecule has 1 aliphatic heterocycles. The summed E-state index contributed by atoms with van der Waals surface area (Å²) in [5, 5.41) is 0. The Kier molecular flexibility index (Phi) is 3.36. The maximum Gasteiger partial charge on any atom is 0.313 e. The second-order valence-corrected chi connectivity index (χ2v) is 7.56. The number of fused-ring (bicyclic) bond motifs is 2. The van der Waals surface area contributed by atoms with E-state index in [1.807, 2.05) is 58.9 Å². The summed E-state index contributed by atoms with van der Waals surface area (Å²) in [6.07, 6.45) is 1.30. The number of carbonyl (C=O) groups is 2. The molecule has 0 unspecified atom stereocenters. The minimum Gasteiger partial charge on any atom is -0.448 e. The Balaban J connectivity index is 2.04. The zero-order valence-electron chi connectivity index (χ0n) is 14.6. The van der Waals surface area contributed by atoms with E-state index in [1.165, 1.54) is 0 Å². The molecule has 0 radical (unpaired) electrons. The average Bonchev–Trinajstić information content (AvgIpc) is 2.78. The zero-order chi connectivity index (χ0) is 17.0. The van der Waals surface area contributed by atoms with E-state index in [4.69, 9.17) is 4.74 Å². The maximum absolute atomic E-state index is 13.4. The zero-order valence-corrected chi connectivity index (χ0v) is 14.6. The lowest BCUT2D eigenvalue weighted by Gasteiger charge is -2.38. The summed E-state index contributed by atoms with van der Waals surface area (Å²) >= 11 is 0. The van der Waals surface area contributed by atoms with Crippen molar-refractivity contribution in [3.63, 3.8) is 0 Å². The standard InChI is InChI=1S/C19H25NO3/c1-6-20(14-9-7-8-13(2)12-14)15(21)19-11-10-18(5,16(22)23-19)17(19,3)4/h7-9,12H,6,10-11H2,1-5H3/t18-,19+/m0/s1. The van der Waals surface area contributed by atoms with Gasteiger partial charge in [-0.2, -0.15) is 0 Å².